The summed E-state index contributed by atoms with van der Waals surface area (Å²) in [5.41, 5.74) is 3.59. The van der Waals surface area contributed by atoms with Gasteiger partial charge < -0.3 is 29.5 Å². The average molecular weight is 873 g/mol. The van der Waals surface area contributed by atoms with Gasteiger partial charge in [0.1, 0.15) is 21.5 Å². The predicted molar refractivity (Wildman–Crippen MR) is 239 cm³/mol. The molecule has 6 aromatic rings. The maximum Gasteiger partial charge on any atom is 0.335 e. The number of ether oxygens (including phenoxy) is 2. The zero-order chi connectivity index (χ0) is 43.6. The Kier molecular flexibility index (Phi) is 14.4. The number of hydrogen-bond acceptors (Lipinski definition) is 10. The van der Waals surface area contributed by atoms with E-state index in [0.717, 1.165) is 80.8 Å². The van der Waals surface area contributed by atoms with Gasteiger partial charge in [0.2, 0.25) is 0 Å². The van der Waals surface area contributed by atoms with Gasteiger partial charge in [-0.15, -0.1) is 22.7 Å². The van der Waals surface area contributed by atoms with E-state index in [0.29, 0.717) is 24.6 Å². The molecular weight excluding hydrogens is 825 g/mol. The van der Waals surface area contributed by atoms with Crippen LogP contribution in [0.2, 0.25) is 0 Å². The molecule has 2 fully saturated rings. The standard InChI is InChI=1S/2C24H24N2O4S/c2*1-16-22(17-8-7-9-18(14-17)24(28)29)25-23(31-16)20-12-5-6-13-26(20)21(27)15-30-19-10-3-2-4-11-19/h2*2-4,7-11,14,20H,5-6,12-13,15H2,1H3,(H,28,29)/t2*20-/m11/s1. The third kappa shape index (κ3) is 10.7. The summed E-state index contributed by atoms with van der Waals surface area (Å²) in [5.74, 6) is -0.660. The number of likely N-dealkylation sites (tertiary alicyclic amines) is 2. The molecule has 0 spiro atoms. The van der Waals surface area contributed by atoms with Gasteiger partial charge in [0.25, 0.3) is 11.8 Å². The van der Waals surface area contributed by atoms with Crippen LogP contribution in [0.4, 0.5) is 0 Å². The number of aromatic nitrogens is 2. The van der Waals surface area contributed by atoms with Crippen LogP contribution in [0, 0.1) is 13.8 Å². The normalized spacial score (nSPS) is 16.2. The highest BCUT2D eigenvalue weighted by Crippen LogP contribution is 2.39. The Morgan fingerprint density at radius 1 is 0.581 bits per heavy atom. The van der Waals surface area contributed by atoms with Gasteiger partial charge in [-0.1, -0.05) is 60.7 Å². The van der Waals surface area contributed by atoms with Crippen molar-refractivity contribution in [3.63, 3.8) is 0 Å². The van der Waals surface area contributed by atoms with Gasteiger partial charge in [0, 0.05) is 34.0 Å². The van der Waals surface area contributed by atoms with E-state index in [9.17, 15) is 29.4 Å². The molecule has 2 N–H and O–H groups in total. The van der Waals surface area contributed by atoms with Gasteiger partial charge in [-0.25, -0.2) is 19.6 Å². The Balaban J connectivity index is 0.000000186. The van der Waals surface area contributed by atoms with E-state index in [1.54, 1.807) is 59.1 Å². The fourth-order valence-electron chi connectivity index (χ4n) is 7.72. The molecule has 62 heavy (non-hydrogen) atoms. The lowest BCUT2D eigenvalue weighted by Gasteiger charge is -2.34. The smallest absolute Gasteiger partial charge is 0.335 e. The highest BCUT2D eigenvalue weighted by atomic mass is 32.1. The average Bonchev–Trinajstić information content (AvgIpc) is 3.90. The number of nitrogens with zero attached hydrogens (tertiary/aromatic N) is 4. The van der Waals surface area contributed by atoms with Crippen LogP contribution in [0.1, 0.15) is 91.1 Å². The maximum absolute atomic E-state index is 12.9. The number of para-hydroxylation sites is 2. The highest BCUT2D eigenvalue weighted by molar-refractivity contribution is 7.12. The van der Waals surface area contributed by atoms with Crippen LogP contribution >= 0.6 is 22.7 Å². The monoisotopic (exact) mass is 872 g/mol. The molecule has 0 aliphatic carbocycles. The quantitative estimate of drug-likeness (QED) is 0.121. The molecule has 2 aromatic heterocycles. The molecule has 320 valence electrons. The number of carbonyl (C=O) groups excluding carboxylic acids is 2. The van der Waals surface area contributed by atoms with Crippen molar-refractivity contribution >= 4 is 46.4 Å². The van der Waals surface area contributed by atoms with E-state index < -0.39 is 11.9 Å². The van der Waals surface area contributed by atoms with Crippen LogP contribution in [0.5, 0.6) is 11.5 Å². The van der Waals surface area contributed by atoms with Crippen LogP contribution in [-0.4, -0.2) is 80.0 Å². The molecule has 0 bridgehead atoms. The molecule has 2 saturated heterocycles. The zero-order valence-corrected chi connectivity index (χ0v) is 36.2. The molecular formula is C48H48N4O8S2. The van der Waals surface area contributed by atoms with Crippen molar-refractivity contribution in [3.8, 4) is 34.0 Å². The first-order valence-corrected chi connectivity index (χ1v) is 22.3. The van der Waals surface area contributed by atoms with Crippen molar-refractivity contribution in [1.29, 1.82) is 0 Å². The van der Waals surface area contributed by atoms with Gasteiger partial charge in [-0.2, -0.15) is 0 Å². The molecule has 8 rings (SSSR count). The minimum Gasteiger partial charge on any atom is -0.484 e. The summed E-state index contributed by atoms with van der Waals surface area (Å²) in [6, 6.07) is 32.1. The molecule has 2 atom stereocenters. The summed E-state index contributed by atoms with van der Waals surface area (Å²) < 4.78 is 11.4. The van der Waals surface area contributed by atoms with E-state index in [1.807, 2.05) is 96.4 Å². The van der Waals surface area contributed by atoms with E-state index in [4.69, 9.17) is 19.4 Å². The van der Waals surface area contributed by atoms with Crippen molar-refractivity contribution in [3.05, 3.63) is 140 Å². The molecule has 12 nitrogen and oxygen atoms in total. The van der Waals surface area contributed by atoms with Crippen LogP contribution in [-0.2, 0) is 9.59 Å². The fraction of sp³-hybridized carbons (Fsp3) is 0.292. The second-order valence-electron chi connectivity index (χ2n) is 15.1. The van der Waals surface area contributed by atoms with Gasteiger partial charge in [0.15, 0.2) is 13.2 Å². The van der Waals surface area contributed by atoms with E-state index in [1.165, 1.54) is 0 Å². The number of aromatic carboxylic acids is 2. The summed E-state index contributed by atoms with van der Waals surface area (Å²) in [6.45, 7) is 5.33. The molecule has 0 saturated carbocycles. The van der Waals surface area contributed by atoms with Crippen molar-refractivity contribution in [2.75, 3.05) is 26.3 Å². The third-order valence-electron chi connectivity index (χ3n) is 10.8. The summed E-state index contributed by atoms with van der Waals surface area (Å²) in [7, 11) is 0. The summed E-state index contributed by atoms with van der Waals surface area (Å²) >= 11 is 3.14. The predicted octanol–water partition coefficient (Wildman–Crippen LogP) is 9.90. The maximum atomic E-state index is 12.9. The Hall–Kier alpha value is -6.38. The number of benzene rings is 4. The zero-order valence-electron chi connectivity index (χ0n) is 34.6. The number of piperidine rings is 2. The topological polar surface area (TPSA) is 159 Å². The first kappa shape index (κ1) is 43.7. The molecule has 4 aromatic carbocycles. The largest absolute Gasteiger partial charge is 0.484 e. The Morgan fingerprint density at radius 3 is 1.37 bits per heavy atom. The van der Waals surface area contributed by atoms with Crippen LogP contribution < -0.4 is 9.47 Å². The van der Waals surface area contributed by atoms with Crippen LogP contribution in [0.25, 0.3) is 22.5 Å². The number of carboxylic acid groups (broad SMARTS) is 2. The Morgan fingerprint density at radius 2 is 0.984 bits per heavy atom. The minimum absolute atomic E-state index is 0.00160. The van der Waals surface area contributed by atoms with Crippen molar-refractivity contribution in [2.24, 2.45) is 0 Å². The molecule has 2 amide bonds. The Bertz CT molecular complexity index is 2330. The number of aryl methyl sites for hydroxylation is 2. The lowest BCUT2D eigenvalue weighted by molar-refractivity contribution is -0.138. The summed E-state index contributed by atoms with van der Waals surface area (Å²) in [4.78, 5) is 64.0. The van der Waals surface area contributed by atoms with Crippen LogP contribution in [0.15, 0.2) is 109 Å². The molecule has 2 aliphatic rings. The van der Waals surface area contributed by atoms with E-state index in [-0.39, 0.29) is 48.2 Å². The third-order valence-corrected chi connectivity index (χ3v) is 13.0. The number of thiazole rings is 2. The number of hydrogen-bond donors (Lipinski definition) is 2. The molecule has 4 heterocycles. The molecule has 14 heteroatoms. The SMILES string of the molecule is Cc1sc([C@H]2CCCCN2C(=O)COc2ccccc2)nc1-c1cccc(C(=O)O)c1.Cc1sc([C@H]2CCCCN2C(=O)COc2ccccc2)nc1-c1cccc(C(=O)O)c1. The van der Waals surface area contributed by atoms with Gasteiger partial charge in [-0.3, -0.25) is 9.59 Å². The lowest BCUT2D eigenvalue weighted by atomic mass is 10.0. The number of amides is 2. The first-order chi connectivity index (χ1) is 30.0. The van der Waals surface area contributed by atoms with Gasteiger partial charge >= 0.3 is 11.9 Å². The summed E-state index contributed by atoms with van der Waals surface area (Å²) in [6.07, 6.45) is 5.72. The van der Waals surface area contributed by atoms with Crippen molar-refractivity contribution in [1.82, 2.24) is 19.8 Å². The van der Waals surface area contributed by atoms with E-state index >= 15 is 0 Å². The molecule has 0 unspecified atom stereocenters. The van der Waals surface area contributed by atoms with Gasteiger partial charge in [-0.05, 0) is 101 Å². The van der Waals surface area contributed by atoms with Gasteiger partial charge in [0.05, 0.1) is 34.6 Å². The number of rotatable bonds is 12. The Labute approximate surface area is 368 Å². The lowest BCUT2D eigenvalue weighted by Crippen LogP contribution is -2.41. The fourth-order valence-corrected chi connectivity index (χ4v) is 9.90. The minimum atomic E-state index is -0.961. The second-order valence-corrected chi connectivity index (χ2v) is 17.6. The second kappa shape index (κ2) is 20.5. The van der Waals surface area contributed by atoms with Crippen molar-refractivity contribution < 1.29 is 38.9 Å². The van der Waals surface area contributed by atoms with Crippen molar-refractivity contribution in [2.45, 2.75) is 64.5 Å². The molecule has 2 aliphatic heterocycles. The van der Waals surface area contributed by atoms with E-state index in [2.05, 4.69) is 0 Å². The summed E-state index contributed by atoms with van der Waals surface area (Å²) in [5, 5.41) is 20.4. The first-order valence-electron chi connectivity index (χ1n) is 20.6. The highest BCUT2D eigenvalue weighted by Gasteiger charge is 2.33. The number of carbonyl (C=O) groups is 4. The molecule has 0 radical (unpaired) electrons. The van der Waals surface area contributed by atoms with Crippen LogP contribution in [0.3, 0.4) is 0 Å². The number of carboxylic acids is 2.